The molecule has 0 spiro atoms. The van der Waals surface area contributed by atoms with E-state index in [1.54, 1.807) is 98.6 Å². The summed E-state index contributed by atoms with van der Waals surface area (Å²) < 4.78 is 67.2. The molecular weight excluding hydrogens is 917 g/mol. The van der Waals surface area contributed by atoms with E-state index in [2.05, 4.69) is 56.3 Å². The summed E-state index contributed by atoms with van der Waals surface area (Å²) >= 11 is 0. The van der Waals surface area contributed by atoms with Gasteiger partial charge in [-0.2, -0.15) is 0 Å². The zero-order valence-corrected chi connectivity index (χ0v) is 39.2. The van der Waals surface area contributed by atoms with Crippen molar-refractivity contribution >= 4 is 77.8 Å². The fourth-order valence-corrected chi connectivity index (χ4v) is 9.72. The summed E-state index contributed by atoms with van der Waals surface area (Å²) in [4.78, 5) is 18.2. The molecule has 0 unspecified atom stereocenters. The second-order valence-corrected chi connectivity index (χ2v) is 17.6. The fraction of sp³-hybridized carbons (Fsp3) is 0.0714. The van der Waals surface area contributed by atoms with Crippen LogP contribution in [0.2, 0.25) is 0 Å². The molecule has 0 atom stereocenters. The Balaban J connectivity index is 1.29. The van der Waals surface area contributed by atoms with Crippen LogP contribution in [0.15, 0.2) is 184 Å². The molecular formula is C56H42F4N12. The highest BCUT2D eigenvalue weighted by molar-refractivity contribution is 6.32. The summed E-state index contributed by atoms with van der Waals surface area (Å²) in [6.45, 7) is 7.79. The predicted molar refractivity (Wildman–Crippen MR) is 274 cm³/mol. The summed E-state index contributed by atoms with van der Waals surface area (Å²) in [7, 11) is 0. The minimum atomic E-state index is -0.395. The SMILES string of the molecule is Cc1cncn1N(c1ccc(F)cc1)c1cc(N(c2ccc(F)cc2)n2cncc2C)c2ccc3c(N(c4ccc(F)cc4)n4cncc4C)cc(N(c4ccc(F)cc4)n4cncc4C)c4ccc1c2c43. The largest absolute Gasteiger partial charge is 0.248 e. The van der Waals surface area contributed by atoms with E-state index in [0.29, 0.717) is 45.5 Å². The molecule has 8 aromatic carbocycles. The maximum absolute atomic E-state index is 14.9. The molecule has 72 heavy (non-hydrogen) atoms. The van der Waals surface area contributed by atoms with E-state index in [4.69, 9.17) is 0 Å². The van der Waals surface area contributed by atoms with Gasteiger partial charge in [-0.3, -0.25) is 0 Å². The zero-order chi connectivity index (χ0) is 49.4. The third-order valence-electron chi connectivity index (χ3n) is 13.1. The second kappa shape index (κ2) is 17.2. The van der Waals surface area contributed by atoms with Gasteiger partial charge in [-0.1, -0.05) is 24.3 Å². The highest BCUT2D eigenvalue weighted by Crippen LogP contribution is 2.52. The Morgan fingerprint density at radius 2 is 0.514 bits per heavy atom. The van der Waals surface area contributed by atoms with Gasteiger partial charge in [-0.15, -0.1) is 0 Å². The maximum Gasteiger partial charge on any atom is 0.123 e. The molecule has 0 saturated heterocycles. The van der Waals surface area contributed by atoms with Crippen LogP contribution >= 0.6 is 0 Å². The van der Waals surface area contributed by atoms with Gasteiger partial charge in [0.15, 0.2) is 0 Å². The summed E-state index contributed by atoms with van der Waals surface area (Å²) in [6.07, 6.45) is 13.9. The van der Waals surface area contributed by atoms with Gasteiger partial charge in [0.2, 0.25) is 0 Å². The molecule has 12 nitrogen and oxygen atoms in total. The minimum absolute atomic E-state index is 0.395. The first kappa shape index (κ1) is 43.8. The van der Waals surface area contributed by atoms with Gasteiger partial charge >= 0.3 is 0 Å². The van der Waals surface area contributed by atoms with Crippen molar-refractivity contribution in [3.8, 4) is 0 Å². The zero-order valence-electron chi connectivity index (χ0n) is 39.2. The van der Waals surface area contributed by atoms with Crippen LogP contribution in [0.5, 0.6) is 0 Å². The van der Waals surface area contributed by atoms with Gasteiger partial charge in [0.25, 0.3) is 0 Å². The van der Waals surface area contributed by atoms with Crippen LogP contribution in [0, 0.1) is 51.0 Å². The third kappa shape index (κ3) is 7.21. The summed E-state index contributed by atoms with van der Waals surface area (Å²) in [5, 5.41) is 12.9. The Kier molecular flexibility index (Phi) is 10.5. The van der Waals surface area contributed by atoms with Crippen molar-refractivity contribution < 1.29 is 17.6 Å². The Morgan fingerprint density at radius 1 is 0.306 bits per heavy atom. The lowest BCUT2D eigenvalue weighted by Crippen LogP contribution is -2.28. The van der Waals surface area contributed by atoms with E-state index in [9.17, 15) is 17.6 Å². The molecule has 0 fully saturated rings. The van der Waals surface area contributed by atoms with E-state index >= 15 is 0 Å². The highest BCUT2D eigenvalue weighted by atomic mass is 19.1. The van der Waals surface area contributed by atoms with Crippen LogP contribution in [0.3, 0.4) is 0 Å². The van der Waals surface area contributed by atoms with Crippen LogP contribution in [-0.4, -0.2) is 38.6 Å². The quantitative estimate of drug-likeness (QED) is 0.0884. The Labute approximate surface area is 410 Å². The molecule has 0 aliphatic carbocycles. The van der Waals surface area contributed by atoms with E-state index < -0.39 is 23.3 Å². The number of halogens is 4. The van der Waals surface area contributed by atoms with Crippen LogP contribution in [-0.2, 0) is 0 Å². The monoisotopic (exact) mass is 958 g/mol. The average molecular weight is 959 g/mol. The number of anilines is 8. The minimum Gasteiger partial charge on any atom is -0.248 e. The number of imidazole rings is 4. The topological polar surface area (TPSA) is 84.2 Å². The van der Waals surface area contributed by atoms with Gasteiger partial charge in [0.1, 0.15) is 48.6 Å². The van der Waals surface area contributed by atoms with Gasteiger partial charge < -0.3 is 0 Å². The molecule has 16 heteroatoms. The van der Waals surface area contributed by atoms with E-state index in [-0.39, 0.29) is 0 Å². The van der Waals surface area contributed by atoms with Crippen molar-refractivity contribution in [2.24, 2.45) is 0 Å². The third-order valence-corrected chi connectivity index (χ3v) is 13.1. The van der Waals surface area contributed by atoms with Gasteiger partial charge in [-0.25, -0.2) is 76.2 Å². The number of hydrogen-bond acceptors (Lipinski definition) is 8. The van der Waals surface area contributed by atoms with E-state index in [1.165, 1.54) is 48.5 Å². The molecule has 4 aromatic heterocycles. The Bertz CT molecular complexity index is 3430. The molecule has 0 saturated carbocycles. The van der Waals surface area contributed by atoms with E-state index in [0.717, 1.165) is 55.1 Å². The van der Waals surface area contributed by atoms with Crippen LogP contribution in [0.1, 0.15) is 22.8 Å². The number of aryl methyl sites for hydroxylation is 4. The first-order valence-electron chi connectivity index (χ1n) is 23.0. The lowest BCUT2D eigenvalue weighted by atomic mass is 9.90. The first-order valence-corrected chi connectivity index (χ1v) is 23.0. The summed E-state index contributed by atoms with van der Waals surface area (Å²) in [6, 6.07) is 37.7. The number of nitrogens with zero attached hydrogens (tertiary/aromatic N) is 12. The summed E-state index contributed by atoms with van der Waals surface area (Å²) in [5.74, 6) is -1.58. The van der Waals surface area contributed by atoms with Crippen molar-refractivity contribution in [1.82, 2.24) is 38.6 Å². The van der Waals surface area contributed by atoms with Crippen molar-refractivity contribution in [3.63, 3.8) is 0 Å². The number of aromatic nitrogens is 8. The van der Waals surface area contributed by atoms with Crippen LogP contribution < -0.4 is 20.0 Å². The fourth-order valence-electron chi connectivity index (χ4n) is 9.72. The first-order chi connectivity index (χ1) is 35.0. The maximum atomic E-state index is 14.9. The molecule has 0 aliphatic heterocycles. The number of benzene rings is 8. The van der Waals surface area contributed by atoms with Crippen molar-refractivity contribution in [1.29, 1.82) is 0 Å². The van der Waals surface area contributed by atoms with Crippen molar-refractivity contribution in [3.05, 3.63) is 230 Å². The molecule has 0 radical (unpaired) electrons. The smallest absolute Gasteiger partial charge is 0.123 e. The van der Waals surface area contributed by atoms with Gasteiger partial charge in [0.05, 0.1) is 68.3 Å². The van der Waals surface area contributed by atoms with Crippen molar-refractivity contribution in [2.75, 3.05) is 20.0 Å². The molecule has 4 heterocycles. The molecule has 0 bridgehead atoms. The van der Waals surface area contributed by atoms with Gasteiger partial charge in [-0.05, 0) is 137 Å². The van der Waals surface area contributed by atoms with Crippen LogP contribution in [0.4, 0.5) is 63.1 Å². The van der Waals surface area contributed by atoms with Gasteiger partial charge in [0, 0.05) is 57.1 Å². The number of rotatable bonds is 12. The average Bonchev–Trinajstić information content (AvgIpc) is 4.22. The number of hydrogen-bond donors (Lipinski definition) is 0. The van der Waals surface area contributed by atoms with Crippen molar-refractivity contribution in [2.45, 2.75) is 27.7 Å². The lowest BCUT2D eigenvalue weighted by Gasteiger charge is -2.35. The Morgan fingerprint density at radius 3 is 0.694 bits per heavy atom. The normalized spacial score (nSPS) is 11.6. The second-order valence-electron chi connectivity index (χ2n) is 17.6. The molecule has 0 N–H and O–H groups in total. The lowest BCUT2D eigenvalue weighted by molar-refractivity contribution is 0.627. The van der Waals surface area contributed by atoms with E-state index in [1.807, 2.05) is 66.4 Å². The molecule has 12 rings (SSSR count). The highest BCUT2D eigenvalue weighted by Gasteiger charge is 2.30. The van der Waals surface area contributed by atoms with Crippen LogP contribution in [0.25, 0.3) is 32.3 Å². The molecule has 0 aliphatic rings. The standard InChI is InChI=1S/C56H42F4N12/c1-35-27-61-31-65(35)69(43-13-5-39(57)6-14-43)51-25-52(70(66-32-62-28-36(66)2)44-15-7-40(58)8-16-44)48-23-24-50-54(72(68-34-64-30-38(68)4)46-19-11-42(60)12-20-46)26-53(49-22-21-47(51)55(48)56(49)50)71(67-33-63-29-37(67)3)45-17-9-41(59)10-18-45/h5-34H,1-4H3. The summed E-state index contributed by atoms with van der Waals surface area (Å²) in [5.41, 5.74) is 8.54. The Hall–Kier alpha value is -9.44. The molecule has 12 aromatic rings. The molecule has 354 valence electrons. The predicted octanol–water partition coefficient (Wildman–Crippen LogP) is 13.6. The molecule has 0 amide bonds.